The van der Waals surface area contributed by atoms with Gasteiger partial charge >= 0.3 is 0 Å². The van der Waals surface area contributed by atoms with Crippen LogP contribution < -0.4 is 5.73 Å². The van der Waals surface area contributed by atoms with Gasteiger partial charge in [-0.15, -0.1) is 0 Å². The van der Waals surface area contributed by atoms with Crippen molar-refractivity contribution in [1.29, 1.82) is 0 Å². The number of aromatic nitrogens is 2. The Labute approximate surface area is 110 Å². The lowest BCUT2D eigenvalue weighted by Crippen LogP contribution is -2.54. The normalized spacial score (nSPS) is 16.8. The lowest BCUT2D eigenvalue weighted by Gasteiger charge is -2.35. The summed E-state index contributed by atoms with van der Waals surface area (Å²) < 4.78 is 5.21. The Kier molecular flexibility index (Phi) is 3.03. The molecule has 0 spiro atoms. The van der Waals surface area contributed by atoms with Crippen LogP contribution in [-0.2, 0) is 6.54 Å². The molecule has 0 aliphatic carbocycles. The molecule has 18 heavy (non-hydrogen) atoms. The monoisotopic (exact) mass is 264 g/mol. The summed E-state index contributed by atoms with van der Waals surface area (Å²) in [5, 5.41) is 4.57. The van der Waals surface area contributed by atoms with Crippen molar-refractivity contribution in [2.75, 3.05) is 13.1 Å². The van der Waals surface area contributed by atoms with E-state index in [4.69, 9.17) is 21.9 Å². The molecule has 1 fully saturated rings. The Balaban J connectivity index is 1.75. The van der Waals surface area contributed by atoms with E-state index in [1.54, 1.807) is 6.07 Å². The number of rotatable bonds is 3. The largest absolute Gasteiger partial charge is 0.338 e. The molecule has 1 aromatic heterocycles. The van der Waals surface area contributed by atoms with Crippen molar-refractivity contribution in [3.05, 3.63) is 35.2 Å². The number of benzene rings is 1. The third-order valence-electron chi connectivity index (χ3n) is 2.93. The van der Waals surface area contributed by atoms with Crippen LogP contribution >= 0.6 is 11.6 Å². The maximum Gasteiger partial charge on any atom is 0.241 e. The Hall–Kier alpha value is -1.43. The number of hydrogen-bond donors (Lipinski definition) is 1. The van der Waals surface area contributed by atoms with Gasteiger partial charge in [-0.1, -0.05) is 28.9 Å². The minimum absolute atomic E-state index is 0.274. The van der Waals surface area contributed by atoms with Crippen LogP contribution in [0.3, 0.4) is 0 Å². The van der Waals surface area contributed by atoms with Crippen molar-refractivity contribution in [2.24, 2.45) is 5.73 Å². The first-order valence-electron chi connectivity index (χ1n) is 5.78. The molecular weight excluding hydrogens is 252 g/mol. The summed E-state index contributed by atoms with van der Waals surface area (Å²) in [4.78, 5) is 6.50. The van der Waals surface area contributed by atoms with Crippen molar-refractivity contribution in [3.8, 4) is 11.4 Å². The fourth-order valence-corrected chi connectivity index (χ4v) is 2.22. The van der Waals surface area contributed by atoms with E-state index in [1.807, 2.05) is 18.2 Å². The number of nitrogens with two attached hydrogens (primary N) is 1. The molecule has 1 saturated heterocycles. The number of likely N-dealkylation sites (tertiary alicyclic amines) is 1. The van der Waals surface area contributed by atoms with E-state index in [0.717, 1.165) is 18.7 Å². The summed E-state index contributed by atoms with van der Waals surface area (Å²) in [6.07, 6.45) is 0. The Bertz CT molecular complexity index is 551. The minimum atomic E-state index is 0.274. The van der Waals surface area contributed by atoms with E-state index in [-0.39, 0.29) is 6.04 Å². The van der Waals surface area contributed by atoms with Gasteiger partial charge < -0.3 is 10.3 Å². The van der Waals surface area contributed by atoms with Crippen LogP contribution in [0.15, 0.2) is 28.8 Å². The van der Waals surface area contributed by atoms with Crippen LogP contribution in [0.5, 0.6) is 0 Å². The molecule has 0 radical (unpaired) electrons. The molecule has 2 heterocycles. The molecule has 0 amide bonds. The van der Waals surface area contributed by atoms with E-state index in [0.29, 0.717) is 23.3 Å². The van der Waals surface area contributed by atoms with Gasteiger partial charge in [-0.05, 0) is 12.1 Å². The van der Waals surface area contributed by atoms with Crippen LogP contribution in [-0.4, -0.2) is 34.2 Å². The zero-order valence-corrected chi connectivity index (χ0v) is 10.5. The second kappa shape index (κ2) is 4.68. The standard InChI is InChI=1S/C12H13ClN4O/c13-10-4-2-1-3-9(10)12-15-11(18-16-12)7-17-5-8(14)6-17/h1-4,8H,5-7,14H2. The maximum atomic E-state index is 6.08. The molecule has 1 aliphatic rings. The Morgan fingerprint density at radius 2 is 2.17 bits per heavy atom. The van der Waals surface area contributed by atoms with Crippen LogP contribution in [0.25, 0.3) is 11.4 Å². The van der Waals surface area contributed by atoms with Gasteiger partial charge in [-0.3, -0.25) is 4.90 Å². The summed E-state index contributed by atoms with van der Waals surface area (Å²) in [5.74, 6) is 1.12. The maximum absolute atomic E-state index is 6.08. The minimum Gasteiger partial charge on any atom is -0.338 e. The zero-order valence-electron chi connectivity index (χ0n) is 9.71. The van der Waals surface area contributed by atoms with E-state index in [9.17, 15) is 0 Å². The van der Waals surface area contributed by atoms with E-state index in [2.05, 4.69) is 15.0 Å². The molecule has 0 bridgehead atoms. The van der Waals surface area contributed by atoms with Crippen molar-refractivity contribution >= 4 is 11.6 Å². The van der Waals surface area contributed by atoms with E-state index < -0.39 is 0 Å². The first-order valence-corrected chi connectivity index (χ1v) is 6.15. The summed E-state index contributed by atoms with van der Waals surface area (Å²) >= 11 is 6.08. The number of hydrogen-bond acceptors (Lipinski definition) is 5. The SMILES string of the molecule is NC1CN(Cc2nc(-c3ccccc3Cl)no2)C1. The molecule has 3 rings (SSSR count). The predicted molar refractivity (Wildman–Crippen MR) is 68.0 cm³/mol. The second-order valence-corrected chi connectivity index (χ2v) is 4.85. The topological polar surface area (TPSA) is 68.2 Å². The molecule has 2 aromatic rings. The van der Waals surface area contributed by atoms with Gasteiger partial charge in [-0.25, -0.2) is 0 Å². The Morgan fingerprint density at radius 1 is 1.39 bits per heavy atom. The highest BCUT2D eigenvalue weighted by Crippen LogP contribution is 2.25. The third-order valence-corrected chi connectivity index (χ3v) is 3.26. The molecule has 1 aliphatic heterocycles. The van der Waals surface area contributed by atoms with Gasteiger partial charge in [-0.2, -0.15) is 4.98 Å². The van der Waals surface area contributed by atoms with Crippen LogP contribution in [0.2, 0.25) is 5.02 Å². The summed E-state index contributed by atoms with van der Waals surface area (Å²) in [7, 11) is 0. The highest BCUT2D eigenvalue weighted by molar-refractivity contribution is 6.33. The first-order chi connectivity index (χ1) is 8.72. The lowest BCUT2D eigenvalue weighted by molar-refractivity contribution is 0.125. The fourth-order valence-electron chi connectivity index (χ4n) is 2.00. The van der Waals surface area contributed by atoms with Crippen LogP contribution in [0.1, 0.15) is 5.89 Å². The van der Waals surface area contributed by atoms with Crippen molar-refractivity contribution < 1.29 is 4.52 Å². The number of nitrogens with zero attached hydrogens (tertiary/aromatic N) is 3. The van der Waals surface area contributed by atoms with E-state index in [1.165, 1.54) is 0 Å². The Morgan fingerprint density at radius 3 is 2.89 bits per heavy atom. The molecule has 0 atom stereocenters. The molecule has 0 saturated carbocycles. The summed E-state index contributed by atoms with van der Waals surface area (Å²) in [6.45, 7) is 2.40. The van der Waals surface area contributed by atoms with Crippen LogP contribution in [0, 0.1) is 0 Å². The highest BCUT2D eigenvalue weighted by Gasteiger charge is 2.24. The van der Waals surface area contributed by atoms with Gasteiger partial charge in [0.1, 0.15) is 0 Å². The van der Waals surface area contributed by atoms with E-state index >= 15 is 0 Å². The van der Waals surface area contributed by atoms with Gasteiger partial charge in [0.25, 0.3) is 0 Å². The molecule has 6 heteroatoms. The molecular formula is C12H13ClN4O. The third kappa shape index (κ3) is 2.25. The van der Waals surface area contributed by atoms with Gasteiger partial charge in [0.05, 0.1) is 11.6 Å². The lowest BCUT2D eigenvalue weighted by atomic mass is 10.1. The second-order valence-electron chi connectivity index (χ2n) is 4.45. The van der Waals surface area contributed by atoms with Crippen LogP contribution in [0.4, 0.5) is 0 Å². The molecule has 0 unspecified atom stereocenters. The smallest absolute Gasteiger partial charge is 0.241 e. The predicted octanol–water partition coefficient (Wildman–Crippen LogP) is 1.53. The quantitative estimate of drug-likeness (QED) is 0.911. The average molecular weight is 265 g/mol. The molecule has 5 nitrogen and oxygen atoms in total. The van der Waals surface area contributed by atoms with Crippen molar-refractivity contribution in [3.63, 3.8) is 0 Å². The summed E-state index contributed by atoms with van der Waals surface area (Å²) in [6, 6.07) is 7.72. The highest BCUT2D eigenvalue weighted by atomic mass is 35.5. The van der Waals surface area contributed by atoms with Gasteiger partial charge in [0.2, 0.25) is 11.7 Å². The molecule has 2 N–H and O–H groups in total. The molecule has 94 valence electrons. The summed E-state index contributed by atoms with van der Waals surface area (Å²) in [5.41, 5.74) is 6.50. The zero-order chi connectivity index (χ0) is 12.5. The van der Waals surface area contributed by atoms with Gasteiger partial charge in [0, 0.05) is 24.7 Å². The van der Waals surface area contributed by atoms with Crippen molar-refractivity contribution in [1.82, 2.24) is 15.0 Å². The number of halogens is 1. The first kappa shape index (κ1) is 11.6. The average Bonchev–Trinajstić information content (AvgIpc) is 2.76. The fraction of sp³-hybridized carbons (Fsp3) is 0.333. The molecule has 1 aromatic carbocycles. The van der Waals surface area contributed by atoms with Gasteiger partial charge in [0.15, 0.2) is 0 Å². The van der Waals surface area contributed by atoms with Crippen molar-refractivity contribution in [2.45, 2.75) is 12.6 Å².